The number of aromatic nitrogens is 5. The zero-order valence-electron chi connectivity index (χ0n) is 24.0. The van der Waals surface area contributed by atoms with Gasteiger partial charge >= 0.3 is 0 Å². The number of rotatable bonds is 12. The Morgan fingerprint density at radius 2 is 1.86 bits per heavy atom. The Balaban J connectivity index is 0.00000198. The summed E-state index contributed by atoms with van der Waals surface area (Å²) in [5.74, 6) is 1.00. The van der Waals surface area contributed by atoms with Crippen molar-refractivity contribution in [2.45, 2.75) is 26.8 Å². The molecule has 4 heterocycles. The van der Waals surface area contributed by atoms with Gasteiger partial charge in [0.25, 0.3) is 0 Å². The minimum absolute atomic E-state index is 0.174. The summed E-state index contributed by atoms with van der Waals surface area (Å²) >= 11 is 0. The molecule has 5 rings (SSSR count). The van der Waals surface area contributed by atoms with Gasteiger partial charge in [0.2, 0.25) is 12.0 Å². The monoisotopic (exact) mass is 564 g/mol. The van der Waals surface area contributed by atoms with Crippen LogP contribution in [-0.2, 0) is 11.3 Å². The molecule has 0 fully saturated rings. The number of fused-ring (bicyclic) bond motifs is 1. The number of pyridine rings is 3. The summed E-state index contributed by atoms with van der Waals surface area (Å²) < 4.78 is 1.98. The maximum atomic E-state index is 11.6. The zero-order valence-corrected chi connectivity index (χ0v) is 24.0. The van der Waals surface area contributed by atoms with Crippen LogP contribution in [0.1, 0.15) is 25.8 Å². The lowest BCUT2D eigenvalue weighted by Gasteiger charge is -2.22. The SMILES string of the molecule is C=CCCN(CCNC=O)Cc1ccc(-n2c(-c3cccnc3N)nc3ccc(-c4ccc(=O)[nH]c4)nc32)cc1.CC. The first kappa shape index (κ1) is 29.9. The van der Waals surface area contributed by atoms with Crippen LogP contribution < -0.4 is 16.6 Å². The Bertz CT molecular complexity index is 1670. The summed E-state index contributed by atoms with van der Waals surface area (Å²) in [6, 6.07) is 19.0. The summed E-state index contributed by atoms with van der Waals surface area (Å²) in [5, 5.41) is 2.73. The van der Waals surface area contributed by atoms with Crippen LogP contribution in [0.4, 0.5) is 5.82 Å². The Morgan fingerprint density at radius 3 is 2.55 bits per heavy atom. The minimum atomic E-state index is -0.174. The Hall–Kier alpha value is -5.09. The van der Waals surface area contributed by atoms with Crippen molar-refractivity contribution >= 4 is 23.4 Å². The summed E-state index contributed by atoms with van der Waals surface area (Å²) in [6.45, 7) is 10.7. The number of aromatic amines is 1. The van der Waals surface area contributed by atoms with Crippen molar-refractivity contribution in [1.82, 2.24) is 34.7 Å². The van der Waals surface area contributed by atoms with Crippen LogP contribution in [-0.4, -0.2) is 55.4 Å². The maximum Gasteiger partial charge on any atom is 0.247 e. The van der Waals surface area contributed by atoms with E-state index in [1.54, 1.807) is 18.5 Å². The summed E-state index contributed by atoms with van der Waals surface area (Å²) in [5.41, 5.74) is 11.6. The zero-order chi connectivity index (χ0) is 29.9. The lowest BCUT2D eigenvalue weighted by molar-refractivity contribution is -0.109. The fourth-order valence-electron chi connectivity index (χ4n) is 4.55. The maximum absolute atomic E-state index is 11.6. The summed E-state index contributed by atoms with van der Waals surface area (Å²) in [4.78, 5) is 41.3. The first-order valence-corrected chi connectivity index (χ1v) is 14.0. The fraction of sp³-hybridized carbons (Fsp3) is 0.219. The van der Waals surface area contributed by atoms with E-state index in [0.29, 0.717) is 40.6 Å². The molecule has 216 valence electrons. The van der Waals surface area contributed by atoms with Gasteiger partial charge in [-0.15, -0.1) is 6.58 Å². The normalized spacial score (nSPS) is 10.7. The number of nitrogens with one attached hydrogen (secondary N) is 2. The topological polar surface area (TPSA) is 135 Å². The molecule has 4 N–H and O–H groups in total. The average Bonchev–Trinajstić information content (AvgIpc) is 3.40. The molecule has 1 amide bonds. The van der Waals surface area contributed by atoms with Crippen LogP contribution >= 0.6 is 0 Å². The van der Waals surface area contributed by atoms with Crippen molar-refractivity contribution in [1.29, 1.82) is 0 Å². The molecular weight excluding hydrogens is 528 g/mol. The number of hydrogen-bond acceptors (Lipinski definition) is 7. The lowest BCUT2D eigenvalue weighted by atomic mass is 10.1. The fourth-order valence-corrected chi connectivity index (χ4v) is 4.55. The molecule has 0 unspecified atom stereocenters. The van der Waals surface area contributed by atoms with E-state index in [2.05, 4.69) is 38.9 Å². The van der Waals surface area contributed by atoms with Gasteiger partial charge in [0.15, 0.2) is 11.5 Å². The molecule has 10 nitrogen and oxygen atoms in total. The van der Waals surface area contributed by atoms with Crippen molar-refractivity contribution < 1.29 is 4.79 Å². The van der Waals surface area contributed by atoms with Crippen molar-refractivity contribution in [3.8, 4) is 28.3 Å². The van der Waals surface area contributed by atoms with Gasteiger partial charge in [0.1, 0.15) is 11.3 Å². The number of imidazole rings is 1. The van der Waals surface area contributed by atoms with E-state index in [0.717, 1.165) is 49.3 Å². The Kier molecular flexibility index (Phi) is 10.3. The predicted octanol–water partition coefficient (Wildman–Crippen LogP) is 4.57. The third kappa shape index (κ3) is 6.97. The van der Waals surface area contributed by atoms with Crippen molar-refractivity contribution in [2.24, 2.45) is 0 Å². The summed E-state index contributed by atoms with van der Waals surface area (Å²) in [6.07, 6.45) is 6.77. The van der Waals surface area contributed by atoms with E-state index in [9.17, 15) is 9.59 Å². The molecule has 0 spiro atoms. The predicted molar refractivity (Wildman–Crippen MR) is 168 cm³/mol. The molecule has 1 aromatic carbocycles. The van der Waals surface area contributed by atoms with Crippen molar-refractivity contribution in [2.75, 3.05) is 25.4 Å². The second kappa shape index (κ2) is 14.5. The number of benzene rings is 1. The van der Waals surface area contributed by atoms with E-state index in [4.69, 9.17) is 15.7 Å². The molecule has 42 heavy (non-hydrogen) atoms. The first-order chi connectivity index (χ1) is 20.6. The standard InChI is InChI=1S/C30H30N8O2.C2H6/c1-2-3-16-37(17-15-32-20-39)19-21-6-9-23(10-7-21)38-29(24-5-4-14-33-28(24)31)36-26-12-11-25(35-30(26)38)22-8-13-27(40)34-18-22;1-2/h2,4-14,18,20H,1,3,15-17,19H2,(H2,31,33)(H,32,39)(H,34,40);1-2H3. The molecule has 0 aliphatic carbocycles. The van der Waals surface area contributed by atoms with Gasteiger partial charge in [-0.1, -0.05) is 32.1 Å². The molecule has 10 heteroatoms. The molecule has 0 aliphatic heterocycles. The number of anilines is 1. The number of nitrogens with zero attached hydrogens (tertiary/aromatic N) is 5. The van der Waals surface area contributed by atoms with E-state index in [1.165, 1.54) is 6.07 Å². The highest BCUT2D eigenvalue weighted by atomic mass is 16.1. The first-order valence-electron chi connectivity index (χ1n) is 14.0. The molecule has 0 atom stereocenters. The van der Waals surface area contributed by atoms with Gasteiger partial charge in [-0.3, -0.25) is 19.1 Å². The highest BCUT2D eigenvalue weighted by Crippen LogP contribution is 2.31. The summed E-state index contributed by atoms with van der Waals surface area (Å²) in [7, 11) is 0. The molecule has 0 aliphatic rings. The number of nitrogen functional groups attached to an aromatic ring is 1. The van der Waals surface area contributed by atoms with Gasteiger partial charge in [0.05, 0.1) is 11.3 Å². The van der Waals surface area contributed by atoms with Gasteiger partial charge < -0.3 is 16.0 Å². The van der Waals surface area contributed by atoms with Crippen LogP contribution in [0.3, 0.4) is 0 Å². The third-order valence-electron chi connectivity index (χ3n) is 6.57. The highest BCUT2D eigenvalue weighted by Gasteiger charge is 2.19. The van der Waals surface area contributed by atoms with E-state index in [-0.39, 0.29) is 5.56 Å². The van der Waals surface area contributed by atoms with Gasteiger partial charge in [-0.05, 0) is 54.4 Å². The number of nitrogens with two attached hydrogens (primary N) is 1. The van der Waals surface area contributed by atoms with Crippen LogP contribution in [0.2, 0.25) is 0 Å². The van der Waals surface area contributed by atoms with Gasteiger partial charge in [-0.2, -0.15) is 0 Å². The average molecular weight is 565 g/mol. The highest BCUT2D eigenvalue weighted by molar-refractivity contribution is 5.84. The third-order valence-corrected chi connectivity index (χ3v) is 6.57. The number of hydrogen-bond donors (Lipinski definition) is 3. The van der Waals surface area contributed by atoms with E-state index < -0.39 is 0 Å². The quantitative estimate of drug-likeness (QED) is 0.115. The van der Waals surface area contributed by atoms with Crippen LogP contribution in [0, 0.1) is 0 Å². The van der Waals surface area contributed by atoms with Crippen molar-refractivity contribution in [3.05, 3.63) is 102 Å². The second-order valence-corrected chi connectivity index (χ2v) is 9.28. The number of H-pyrrole nitrogens is 1. The van der Waals surface area contributed by atoms with E-state index >= 15 is 0 Å². The largest absolute Gasteiger partial charge is 0.383 e. The smallest absolute Gasteiger partial charge is 0.247 e. The minimum Gasteiger partial charge on any atom is -0.383 e. The van der Waals surface area contributed by atoms with Gasteiger partial charge in [0, 0.05) is 55.9 Å². The molecule has 0 bridgehead atoms. The molecule has 5 aromatic rings. The van der Waals surface area contributed by atoms with Crippen LogP contribution in [0.5, 0.6) is 0 Å². The lowest BCUT2D eigenvalue weighted by Crippen LogP contribution is -2.32. The molecule has 0 saturated carbocycles. The van der Waals surface area contributed by atoms with Crippen LogP contribution in [0.15, 0.2) is 90.5 Å². The number of carbonyl (C=O) groups is 1. The Morgan fingerprint density at radius 1 is 1.05 bits per heavy atom. The molecule has 0 radical (unpaired) electrons. The van der Waals surface area contributed by atoms with Crippen LogP contribution in [0.25, 0.3) is 39.5 Å². The molecular formula is C32H36N8O2. The van der Waals surface area contributed by atoms with Crippen molar-refractivity contribution in [3.63, 3.8) is 0 Å². The number of amides is 1. The number of carbonyl (C=O) groups excluding carboxylic acids is 1. The Labute approximate surface area is 245 Å². The second-order valence-electron chi connectivity index (χ2n) is 9.28. The molecule has 4 aromatic heterocycles. The molecule has 0 saturated heterocycles. The van der Waals surface area contributed by atoms with E-state index in [1.807, 2.05) is 60.9 Å². The van der Waals surface area contributed by atoms with Gasteiger partial charge in [-0.25, -0.2) is 15.0 Å².